The Balaban J connectivity index is 1.48. The molecule has 0 amide bonds. The van der Waals surface area contributed by atoms with Crippen LogP contribution in [0.1, 0.15) is 26.3 Å². The summed E-state index contributed by atoms with van der Waals surface area (Å²) in [6, 6.07) is 15.0. The highest BCUT2D eigenvalue weighted by molar-refractivity contribution is 7.89. The number of anilines is 1. The third kappa shape index (κ3) is 3.97. The Bertz CT molecular complexity index is 1110. The second kappa shape index (κ2) is 7.39. The Morgan fingerprint density at radius 2 is 1.48 bits per heavy atom. The molecular formula is C22H26N4O2S. The summed E-state index contributed by atoms with van der Waals surface area (Å²) in [6.07, 6.45) is 1.76. The molecule has 4 rings (SSSR count). The second-order valence-corrected chi connectivity index (χ2v) is 10.3. The van der Waals surface area contributed by atoms with Crippen LogP contribution in [0.3, 0.4) is 0 Å². The minimum atomic E-state index is -3.49. The number of sulfonamides is 1. The Hall–Kier alpha value is -2.51. The molecule has 1 aliphatic heterocycles. The van der Waals surface area contributed by atoms with Crippen LogP contribution < -0.4 is 4.90 Å². The van der Waals surface area contributed by atoms with Gasteiger partial charge in [-0.05, 0) is 35.2 Å². The van der Waals surface area contributed by atoms with Crippen molar-refractivity contribution in [2.75, 3.05) is 31.1 Å². The maximum Gasteiger partial charge on any atom is 0.243 e. The van der Waals surface area contributed by atoms with Crippen molar-refractivity contribution in [2.45, 2.75) is 31.1 Å². The first kappa shape index (κ1) is 19.8. The number of rotatable bonds is 3. The van der Waals surface area contributed by atoms with E-state index in [4.69, 9.17) is 0 Å². The van der Waals surface area contributed by atoms with Crippen LogP contribution in [0.25, 0.3) is 11.0 Å². The fourth-order valence-electron chi connectivity index (χ4n) is 3.53. The molecule has 29 heavy (non-hydrogen) atoms. The first-order chi connectivity index (χ1) is 13.7. The molecule has 152 valence electrons. The second-order valence-electron chi connectivity index (χ2n) is 8.38. The summed E-state index contributed by atoms with van der Waals surface area (Å²) >= 11 is 0. The molecule has 1 aromatic heterocycles. The Kier molecular flexibility index (Phi) is 5.04. The monoisotopic (exact) mass is 410 g/mol. The molecule has 6 nitrogen and oxygen atoms in total. The van der Waals surface area contributed by atoms with Gasteiger partial charge >= 0.3 is 0 Å². The van der Waals surface area contributed by atoms with E-state index >= 15 is 0 Å². The van der Waals surface area contributed by atoms with Crippen molar-refractivity contribution in [1.82, 2.24) is 14.3 Å². The summed E-state index contributed by atoms with van der Waals surface area (Å²) in [6.45, 7) is 8.39. The van der Waals surface area contributed by atoms with Crippen LogP contribution in [0.5, 0.6) is 0 Å². The predicted molar refractivity (Wildman–Crippen MR) is 116 cm³/mol. The summed E-state index contributed by atoms with van der Waals surface area (Å²) in [5.41, 5.74) is 2.82. The van der Waals surface area contributed by atoms with E-state index in [1.807, 2.05) is 36.4 Å². The lowest BCUT2D eigenvalue weighted by Crippen LogP contribution is -2.49. The highest BCUT2D eigenvalue weighted by atomic mass is 32.2. The molecule has 1 fully saturated rings. The summed E-state index contributed by atoms with van der Waals surface area (Å²) in [4.78, 5) is 11.6. The lowest BCUT2D eigenvalue weighted by Gasteiger charge is -2.34. The van der Waals surface area contributed by atoms with Crippen molar-refractivity contribution in [3.8, 4) is 0 Å². The number of fused-ring (bicyclic) bond motifs is 1. The van der Waals surface area contributed by atoms with Crippen LogP contribution in [-0.4, -0.2) is 48.9 Å². The number of hydrogen-bond acceptors (Lipinski definition) is 5. The number of para-hydroxylation sites is 2. The molecule has 0 N–H and O–H groups in total. The molecule has 2 heterocycles. The molecule has 0 aliphatic carbocycles. The average Bonchev–Trinajstić information content (AvgIpc) is 2.73. The van der Waals surface area contributed by atoms with Gasteiger partial charge in [0.15, 0.2) is 0 Å². The normalized spacial score (nSPS) is 16.3. The first-order valence-electron chi connectivity index (χ1n) is 9.82. The van der Waals surface area contributed by atoms with Gasteiger partial charge in [0, 0.05) is 26.2 Å². The zero-order chi connectivity index (χ0) is 20.6. The largest absolute Gasteiger partial charge is 0.353 e. The molecule has 1 aliphatic rings. The molecular weight excluding hydrogens is 384 g/mol. The van der Waals surface area contributed by atoms with Crippen LogP contribution in [0.15, 0.2) is 59.6 Å². The minimum absolute atomic E-state index is 0.00515. The van der Waals surface area contributed by atoms with E-state index in [-0.39, 0.29) is 5.41 Å². The average molecular weight is 411 g/mol. The van der Waals surface area contributed by atoms with Gasteiger partial charge in [-0.1, -0.05) is 45.0 Å². The summed E-state index contributed by atoms with van der Waals surface area (Å²) < 4.78 is 27.7. The molecule has 7 heteroatoms. The van der Waals surface area contributed by atoms with Crippen molar-refractivity contribution < 1.29 is 8.42 Å². The quantitative estimate of drug-likeness (QED) is 0.662. The lowest BCUT2D eigenvalue weighted by atomic mass is 9.87. The van der Waals surface area contributed by atoms with Crippen molar-refractivity contribution in [1.29, 1.82) is 0 Å². The highest BCUT2D eigenvalue weighted by Gasteiger charge is 2.29. The van der Waals surface area contributed by atoms with Gasteiger partial charge in [-0.3, -0.25) is 4.98 Å². The molecule has 2 aromatic carbocycles. The number of benzene rings is 2. The Labute approximate surface area is 172 Å². The van der Waals surface area contributed by atoms with Crippen LogP contribution in [-0.2, 0) is 15.4 Å². The van der Waals surface area contributed by atoms with Crippen LogP contribution >= 0.6 is 0 Å². The fourth-order valence-corrected chi connectivity index (χ4v) is 4.96. The van der Waals surface area contributed by atoms with E-state index in [1.165, 1.54) is 0 Å². The van der Waals surface area contributed by atoms with Crippen molar-refractivity contribution in [2.24, 2.45) is 0 Å². The Morgan fingerprint density at radius 1 is 0.862 bits per heavy atom. The summed E-state index contributed by atoms with van der Waals surface area (Å²) in [5.74, 6) is 0.787. The maximum atomic E-state index is 13.0. The Morgan fingerprint density at radius 3 is 2.10 bits per heavy atom. The van der Waals surface area contributed by atoms with E-state index in [2.05, 4.69) is 35.6 Å². The molecule has 0 atom stereocenters. The smallest absolute Gasteiger partial charge is 0.243 e. The number of nitrogens with zero attached hydrogens (tertiary/aromatic N) is 4. The van der Waals surface area contributed by atoms with Gasteiger partial charge < -0.3 is 4.90 Å². The van der Waals surface area contributed by atoms with Crippen molar-refractivity contribution in [3.05, 3.63) is 60.3 Å². The van der Waals surface area contributed by atoms with E-state index in [1.54, 1.807) is 22.6 Å². The third-order valence-corrected chi connectivity index (χ3v) is 7.27. The van der Waals surface area contributed by atoms with Gasteiger partial charge in [0.25, 0.3) is 0 Å². The number of piperazine rings is 1. The summed E-state index contributed by atoms with van der Waals surface area (Å²) in [7, 11) is -3.49. The molecule has 0 unspecified atom stereocenters. The lowest BCUT2D eigenvalue weighted by molar-refractivity contribution is 0.384. The molecule has 1 saturated heterocycles. The zero-order valence-corrected chi connectivity index (χ0v) is 17.9. The molecule has 0 saturated carbocycles. The van der Waals surface area contributed by atoms with E-state index in [9.17, 15) is 8.42 Å². The predicted octanol–water partition coefficient (Wildman–Crippen LogP) is 3.44. The minimum Gasteiger partial charge on any atom is -0.353 e. The van der Waals surface area contributed by atoms with E-state index in [0.717, 1.165) is 22.4 Å². The van der Waals surface area contributed by atoms with E-state index in [0.29, 0.717) is 31.1 Å². The van der Waals surface area contributed by atoms with Crippen molar-refractivity contribution in [3.63, 3.8) is 0 Å². The fraction of sp³-hybridized carbons (Fsp3) is 0.364. The molecule has 0 radical (unpaired) electrons. The van der Waals surface area contributed by atoms with Gasteiger partial charge in [0.2, 0.25) is 10.0 Å². The molecule has 0 spiro atoms. The van der Waals surface area contributed by atoms with Gasteiger partial charge in [-0.15, -0.1) is 0 Å². The van der Waals surface area contributed by atoms with Gasteiger partial charge in [0.1, 0.15) is 5.82 Å². The van der Waals surface area contributed by atoms with E-state index < -0.39 is 10.0 Å². The van der Waals surface area contributed by atoms with Gasteiger partial charge in [-0.25, -0.2) is 13.4 Å². The SMILES string of the molecule is CC(C)(C)c1ccc(S(=O)(=O)N2CCN(c3cnc4ccccc4n3)CC2)cc1. The topological polar surface area (TPSA) is 66.4 Å². The first-order valence-corrected chi connectivity index (χ1v) is 11.3. The maximum absolute atomic E-state index is 13.0. The van der Waals surface area contributed by atoms with Crippen LogP contribution in [0.2, 0.25) is 0 Å². The van der Waals surface area contributed by atoms with Crippen LogP contribution in [0, 0.1) is 0 Å². The molecule has 0 bridgehead atoms. The zero-order valence-electron chi connectivity index (χ0n) is 17.0. The highest BCUT2D eigenvalue weighted by Crippen LogP contribution is 2.25. The van der Waals surface area contributed by atoms with Crippen molar-refractivity contribution >= 4 is 26.9 Å². The van der Waals surface area contributed by atoms with Gasteiger partial charge in [0.05, 0.1) is 22.1 Å². The van der Waals surface area contributed by atoms with Crippen LogP contribution in [0.4, 0.5) is 5.82 Å². The number of aromatic nitrogens is 2. The van der Waals surface area contributed by atoms with Gasteiger partial charge in [-0.2, -0.15) is 4.31 Å². The summed E-state index contributed by atoms with van der Waals surface area (Å²) in [5, 5.41) is 0. The standard InChI is InChI=1S/C22H26N4O2S/c1-22(2,3)17-8-10-18(11-9-17)29(27,28)26-14-12-25(13-15-26)21-16-23-19-6-4-5-7-20(19)24-21/h4-11,16H,12-15H2,1-3H3. The number of hydrogen-bond donors (Lipinski definition) is 0. The molecule has 3 aromatic rings. The third-order valence-electron chi connectivity index (χ3n) is 5.36.